The lowest BCUT2D eigenvalue weighted by Crippen LogP contribution is -2.49. The number of Topliss-reactive ketones (excluding diaryl/α,β-unsaturated/α-hetero) is 1. The molecule has 0 spiro atoms. The second-order valence-corrected chi connectivity index (χ2v) is 11.0. The molecule has 0 aromatic heterocycles. The molecule has 4 rings (SSSR count). The minimum atomic E-state index is -1.15. The van der Waals surface area contributed by atoms with Crippen LogP contribution in [0, 0.1) is 5.92 Å². The van der Waals surface area contributed by atoms with E-state index in [-0.39, 0.29) is 18.2 Å². The lowest BCUT2D eigenvalue weighted by atomic mass is 9.96. The molecule has 1 unspecified atom stereocenters. The van der Waals surface area contributed by atoms with Gasteiger partial charge < -0.3 is 20.3 Å². The van der Waals surface area contributed by atoms with Crippen molar-refractivity contribution in [2.45, 2.75) is 57.7 Å². The molecular formula is C30H40FN3O3. The summed E-state index contributed by atoms with van der Waals surface area (Å²) >= 11 is 0. The zero-order valence-corrected chi connectivity index (χ0v) is 22.1. The number of benzene rings is 2. The predicted molar refractivity (Wildman–Crippen MR) is 144 cm³/mol. The van der Waals surface area contributed by atoms with E-state index in [1.165, 1.54) is 0 Å². The molecule has 7 heteroatoms. The van der Waals surface area contributed by atoms with Gasteiger partial charge in [0.1, 0.15) is 11.4 Å². The highest BCUT2D eigenvalue weighted by atomic mass is 19.1. The van der Waals surface area contributed by atoms with Crippen molar-refractivity contribution in [1.82, 2.24) is 9.80 Å². The Morgan fingerprint density at radius 3 is 2.16 bits per heavy atom. The van der Waals surface area contributed by atoms with Crippen molar-refractivity contribution in [2.75, 3.05) is 39.3 Å². The molecule has 0 bridgehead atoms. The van der Waals surface area contributed by atoms with Crippen LogP contribution in [0.4, 0.5) is 4.39 Å². The summed E-state index contributed by atoms with van der Waals surface area (Å²) in [4.78, 5) is 29.2. The number of alkyl halides is 1. The number of carbonyl (C=O) groups excluding carboxylic acids is 2. The summed E-state index contributed by atoms with van der Waals surface area (Å²) in [5.41, 5.74) is 7.06. The van der Waals surface area contributed by atoms with Crippen molar-refractivity contribution in [1.29, 1.82) is 0 Å². The monoisotopic (exact) mass is 509 g/mol. The SMILES string of the molecule is CC(C)(F)CN1CCC(COc2ccc(-c3ccc(C(=O)N4CCCCC4C(=O)CN)cc3)cc2)CC1. The van der Waals surface area contributed by atoms with Crippen molar-refractivity contribution in [3.63, 3.8) is 0 Å². The lowest BCUT2D eigenvalue weighted by molar-refractivity contribution is -0.123. The van der Waals surface area contributed by atoms with Gasteiger partial charge in [-0.25, -0.2) is 4.39 Å². The molecule has 1 atom stereocenters. The number of ketones is 1. The molecule has 37 heavy (non-hydrogen) atoms. The van der Waals surface area contributed by atoms with E-state index in [1.54, 1.807) is 18.7 Å². The molecule has 0 radical (unpaired) electrons. The molecule has 0 aliphatic carbocycles. The minimum absolute atomic E-state index is 0.0364. The Balaban J connectivity index is 1.29. The summed E-state index contributed by atoms with van der Waals surface area (Å²) in [7, 11) is 0. The first-order chi connectivity index (χ1) is 17.7. The minimum Gasteiger partial charge on any atom is -0.493 e. The molecule has 2 saturated heterocycles. The molecular weight excluding hydrogens is 469 g/mol. The van der Waals surface area contributed by atoms with Crippen LogP contribution < -0.4 is 10.5 Å². The number of piperidine rings is 2. The Morgan fingerprint density at radius 1 is 0.946 bits per heavy atom. The van der Waals surface area contributed by atoms with Crippen molar-refractivity contribution < 1.29 is 18.7 Å². The van der Waals surface area contributed by atoms with Gasteiger partial charge in [0.2, 0.25) is 0 Å². The van der Waals surface area contributed by atoms with E-state index in [4.69, 9.17) is 10.5 Å². The Labute approximate surface area is 220 Å². The summed E-state index contributed by atoms with van der Waals surface area (Å²) in [6.45, 7) is 6.83. The largest absolute Gasteiger partial charge is 0.493 e. The van der Waals surface area contributed by atoms with Gasteiger partial charge in [-0.3, -0.25) is 9.59 Å². The Kier molecular flexibility index (Phi) is 8.98. The third-order valence-corrected chi connectivity index (χ3v) is 7.45. The fourth-order valence-electron chi connectivity index (χ4n) is 5.42. The molecule has 2 aliphatic rings. The third kappa shape index (κ3) is 7.39. The first-order valence-electron chi connectivity index (χ1n) is 13.5. The Morgan fingerprint density at radius 2 is 1.57 bits per heavy atom. The van der Waals surface area contributed by atoms with Crippen LogP contribution in [0.2, 0.25) is 0 Å². The highest BCUT2D eigenvalue weighted by molar-refractivity contribution is 5.98. The predicted octanol–water partition coefficient (Wildman–Crippen LogP) is 4.72. The van der Waals surface area contributed by atoms with E-state index >= 15 is 0 Å². The summed E-state index contributed by atoms with van der Waals surface area (Å²) in [6, 6.07) is 15.1. The molecule has 2 N–H and O–H groups in total. The molecule has 200 valence electrons. The van der Waals surface area contributed by atoms with Gasteiger partial charge in [0.15, 0.2) is 5.78 Å². The van der Waals surface area contributed by atoms with E-state index < -0.39 is 11.7 Å². The van der Waals surface area contributed by atoms with Crippen LogP contribution in [0.15, 0.2) is 48.5 Å². The average molecular weight is 510 g/mol. The van der Waals surface area contributed by atoms with Crippen molar-refractivity contribution in [3.8, 4) is 16.9 Å². The van der Waals surface area contributed by atoms with E-state index in [0.717, 1.165) is 55.6 Å². The van der Waals surface area contributed by atoms with Crippen LogP contribution >= 0.6 is 0 Å². The van der Waals surface area contributed by atoms with Crippen LogP contribution in [-0.2, 0) is 4.79 Å². The lowest BCUT2D eigenvalue weighted by Gasteiger charge is -2.34. The summed E-state index contributed by atoms with van der Waals surface area (Å²) in [5.74, 6) is 1.14. The van der Waals surface area contributed by atoms with E-state index in [1.807, 2.05) is 48.5 Å². The van der Waals surface area contributed by atoms with Crippen LogP contribution in [0.3, 0.4) is 0 Å². The van der Waals surface area contributed by atoms with E-state index in [9.17, 15) is 14.0 Å². The highest BCUT2D eigenvalue weighted by Gasteiger charge is 2.31. The van der Waals surface area contributed by atoms with Crippen LogP contribution in [0.5, 0.6) is 5.75 Å². The number of hydrogen-bond donors (Lipinski definition) is 1. The van der Waals surface area contributed by atoms with Gasteiger partial charge >= 0.3 is 0 Å². The number of carbonyl (C=O) groups is 2. The first kappa shape index (κ1) is 27.3. The second-order valence-electron chi connectivity index (χ2n) is 11.0. The standard InChI is InChI=1S/C30H40FN3O3/c1-30(2,31)21-33-17-14-22(15-18-33)20-37-26-12-10-24(11-13-26)23-6-8-25(9-7-23)29(36)34-16-4-3-5-27(34)28(35)19-32/h6-13,22,27H,3-5,14-21,32H2,1-2H3. The van der Waals surface area contributed by atoms with Crippen molar-refractivity contribution >= 4 is 11.7 Å². The Hall–Kier alpha value is -2.77. The normalized spacial score (nSPS) is 19.6. The number of amides is 1. The summed E-state index contributed by atoms with van der Waals surface area (Å²) in [5, 5.41) is 0. The number of rotatable bonds is 9. The quantitative estimate of drug-likeness (QED) is 0.530. The van der Waals surface area contributed by atoms with Gasteiger partial charge in [-0.2, -0.15) is 0 Å². The maximum absolute atomic E-state index is 13.9. The number of nitrogens with zero attached hydrogens (tertiary/aromatic N) is 2. The molecule has 2 aliphatic heterocycles. The fourth-order valence-corrected chi connectivity index (χ4v) is 5.42. The summed E-state index contributed by atoms with van der Waals surface area (Å²) in [6.07, 6.45) is 4.58. The maximum atomic E-state index is 13.9. The van der Waals surface area contributed by atoms with E-state index in [0.29, 0.717) is 37.6 Å². The summed E-state index contributed by atoms with van der Waals surface area (Å²) < 4.78 is 19.9. The average Bonchev–Trinajstić information content (AvgIpc) is 2.91. The van der Waals surface area contributed by atoms with Gasteiger partial charge in [0, 0.05) is 18.7 Å². The zero-order valence-electron chi connectivity index (χ0n) is 22.1. The van der Waals surface area contributed by atoms with E-state index in [2.05, 4.69) is 4.90 Å². The van der Waals surface area contributed by atoms with Crippen LogP contribution in [-0.4, -0.2) is 72.5 Å². The molecule has 1 amide bonds. The second kappa shape index (κ2) is 12.2. The smallest absolute Gasteiger partial charge is 0.254 e. The first-order valence-corrected chi connectivity index (χ1v) is 13.5. The Bertz CT molecular complexity index is 1040. The van der Waals surface area contributed by atoms with Crippen molar-refractivity contribution in [2.24, 2.45) is 11.7 Å². The molecule has 2 aromatic carbocycles. The number of nitrogens with two attached hydrogens (primary N) is 1. The van der Waals surface area contributed by atoms with Crippen LogP contribution in [0.25, 0.3) is 11.1 Å². The molecule has 2 heterocycles. The van der Waals surface area contributed by atoms with Gasteiger partial charge in [-0.05, 0) is 100 Å². The van der Waals surface area contributed by atoms with Gasteiger partial charge in [-0.15, -0.1) is 0 Å². The topological polar surface area (TPSA) is 75.9 Å². The number of hydrogen-bond acceptors (Lipinski definition) is 5. The van der Waals surface area contributed by atoms with Crippen LogP contribution in [0.1, 0.15) is 56.3 Å². The molecule has 6 nitrogen and oxygen atoms in total. The molecule has 0 saturated carbocycles. The maximum Gasteiger partial charge on any atom is 0.254 e. The third-order valence-electron chi connectivity index (χ3n) is 7.45. The van der Waals surface area contributed by atoms with Gasteiger partial charge in [-0.1, -0.05) is 24.3 Å². The van der Waals surface area contributed by atoms with Gasteiger partial charge in [0.05, 0.1) is 19.2 Å². The molecule has 2 fully saturated rings. The number of likely N-dealkylation sites (tertiary alicyclic amines) is 2. The van der Waals surface area contributed by atoms with Crippen molar-refractivity contribution in [3.05, 3.63) is 54.1 Å². The number of ether oxygens (including phenoxy) is 1. The number of halogens is 1. The zero-order chi connectivity index (χ0) is 26.4. The molecule has 2 aromatic rings. The highest BCUT2D eigenvalue weighted by Crippen LogP contribution is 2.26. The van der Waals surface area contributed by atoms with Gasteiger partial charge in [0.25, 0.3) is 5.91 Å². The fraction of sp³-hybridized carbons (Fsp3) is 0.533.